The van der Waals surface area contributed by atoms with Crippen LogP contribution in [0.4, 0.5) is 37.8 Å². The lowest BCUT2D eigenvalue weighted by Crippen LogP contribution is -2.54. The summed E-state index contributed by atoms with van der Waals surface area (Å²) in [5.41, 5.74) is 4.98. The number of halogens is 6. The lowest BCUT2D eigenvalue weighted by molar-refractivity contribution is -0.274. The number of nitrogens with zero attached hydrogens (tertiary/aromatic N) is 2. The number of anilines is 2. The fourth-order valence-corrected chi connectivity index (χ4v) is 3.19. The van der Waals surface area contributed by atoms with E-state index < -0.39 is 54.5 Å². The molecule has 1 atom stereocenters. The van der Waals surface area contributed by atoms with Gasteiger partial charge in [0.05, 0.1) is 6.54 Å². The molecular weight excluding hydrogens is 430 g/mol. The largest absolute Gasteiger partial charge is 0.573 e. The second-order valence-electron chi connectivity index (χ2n) is 6.94. The van der Waals surface area contributed by atoms with Gasteiger partial charge in [-0.2, -0.15) is 0 Å². The number of alkyl halides is 5. The Morgan fingerprint density at radius 3 is 2.71 bits per heavy atom. The smallest absolute Gasteiger partial charge is 0.406 e. The lowest BCUT2D eigenvalue weighted by atomic mass is 9.98. The molecule has 2 aromatic rings. The number of pyridine rings is 1. The Kier molecular flexibility index (Phi) is 6.30. The predicted molar refractivity (Wildman–Crippen MR) is 98.7 cm³/mol. The molecule has 0 unspecified atom stereocenters. The third-order valence-electron chi connectivity index (χ3n) is 4.61. The highest BCUT2D eigenvalue weighted by molar-refractivity contribution is 5.93. The quantitative estimate of drug-likeness (QED) is 0.675. The van der Waals surface area contributed by atoms with Crippen molar-refractivity contribution in [3.63, 3.8) is 0 Å². The van der Waals surface area contributed by atoms with Crippen molar-refractivity contribution in [1.82, 2.24) is 9.88 Å². The number of amides is 1. The molecule has 1 aliphatic rings. The summed E-state index contributed by atoms with van der Waals surface area (Å²) in [5, 5.41) is 2.63. The van der Waals surface area contributed by atoms with E-state index in [1.54, 1.807) is 0 Å². The number of ether oxygens (including phenoxy) is 1. The molecule has 1 aromatic carbocycles. The topological polar surface area (TPSA) is 80.5 Å². The van der Waals surface area contributed by atoms with Gasteiger partial charge in [-0.3, -0.25) is 4.79 Å². The summed E-state index contributed by atoms with van der Waals surface area (Å²) in [4.78, 5) is 17.4. The zero-order chi connectivity index (χ0) is 22.8. The molecule has 6 nitrogen and oxygen atoms in total. The number of likely N-dealkylation sites (tertiary alicyclic amines) is 1. The van der Waals surface area contributed by atoms with Crippen LogP contribution in [0.2, 0.25) is 0 Å². The van der Waals surface area contributed by atoms with Gasteiger partial charge in [-0.05, 0) is 30.7 Å². The first kappa shape index (κ1) is 22.7. The fourth-order valence-electron chi connectivity index (χ4n) is 3.19. The average molecular weight is 448 g/mol. The van der Waals surface area contributed by atoms with E-state index in [-0.39, 0.29) is 24.5 Å². The first-order valence-corrected chi connectivity index (χ1v) is 9.16. The summed E-state index contributed by atoms with van der Waals surface area (Å²) in [6.07, 6.45) is -5.37. The summed E-state index contributed by atoms with van der Waals surface area (Å²) in [5.74, 6) is -5.80. The van der Waals surface area contributed by atoms with Crippen LogP contribution in [-0.2, 0) is 0 Å². The number of hydrogen-bond donors (Lipinski definition) is 2. The third-order valence-corrected chi connectivity index (χ3v) is 4.61. The molecule has 1 amide bonds. The first-order chi connectivity index (χ1) is 14.5. The van der Waals surface area contributed by atoms with Gasteiger partial charge in [-0.25, -0.2) is 18.2 Å². The molecule has 0 bridgehead atoms. The van der Waals surface area contributed by atoms with E-state index in [1.807, 2.05) is 0 Å². The highest BCUT2D eigenvalue weighted by Gasteiger charge is 2.42. The molecule has 0 radical (unpaired) electrons. The standard InChI is InChI=1S/C19H18F6N4O2/c20-14-4-5-15(27-11-2-1-3-13(8-11)31-19(23,24)25)28-16(14)17(30)29-10-18(21,22)7-6-12(29)9-26/h1-5,8,12H,6-7,9-10,26H2,(H,27,28)/t12-/m1/s1. The van der Waals surface area contributed by atoms with Crippen LogP contribution in [0, 0.1) is 5.82 Å². The molecule has 168 valence electrons. The number of carbonyl (C=O) groups excluding carboxylic acids is 1. The van der Waals surface area contributed by atoms with Crippen molar-refractivity contribution in [2.75, 3.05) is 18.4 Å². The Morgan fingerprint density at radius 1 is 1.29 bits per heavy atom. The number of aromatic nitrogens is 1. The molecular formula is C19H18F6N4O2. The van der Waals surface area contributed by atoms with Crippen molar-refractivity contribution in [3.05, 3.63) is 47.9 Å². The maximum atomic E-state index is 14.3. The summed E-state index contributed by atoms with van der Waals surface area (Å²) in [7, 11) is 0. The molecule has 1 aromatic heterocycles. The van der Waals surface area contributed by atoms with Gasteiger partial charge in [0.2, 0.25) is 0 Å². The molecule has 2 heterocycles. The molecule has 31 heavy (non-hydrogen) atoms. The Labute approximate surface area is 173 Å². The Bertz CT molecular complexity index is 953. The Hall–Kier alpha value is -3.02. The Balaban J connectivity index is 1.83. The van der Waals surface area contributed by atoms with Crippen LogP contribution in [0.5, 0.6) is 5.75 Å². The monoisotopic (exact) mass is 448 g/mol. The number of nitrogens with two attached hydrogens (primary N) is 1. The molecule has 0 saturated carbocycles. The molecule has 12 heteroatoms. The summed E-state index contributed by atoms with van der Waals surface area (Å²) < 4.78 is 82.9. The maximum Gasteiger partial charge on any atom is 0.573 e. The lowest BCUT2D eigenvalue weighted by Gasteiger charge is -2.38. The van der Waals surface area contributed by atoms with Crippen LogP contribution < -0.4 is 15.8 Å². The second-order valence-corrected chi connectivity index (χ2v) is 6.94. The number of piperidine rings is 1. The number of benzene rings is 1. The van der Waals surface area contributed by atoms with Gasteiger partial charge >= 0.3 is 6.36 Å². The van der Waals surface area contributed by atoms with Gasteiger partial charge in [0, 0.05) is 30.8 Å². The molecule has 3 N–H and O–H groups in total. The van der Waals surface area contributed by atoms with E-state index in [2.05, 4.69) is 15.0 Å². The van der Waals surface area contributed by atoms with Gasteiger partial charge in [-0.1, -0.05) is 6.07 Å². The zero-order valence-electron chi connectivity index (χ0n) is 15.9. The van der Waals surface area contributed by atoms with E-state index in [9.17, 15) is 31.1 Å². The van der Waals surface area contributed by atoms with Crippen LogP contribution >= 0.6 is 0 Å². The van der Waals surface area contributed by atoms with Crippen molar-refractivity contribution in [1.29, 1.82) is 0 Å². The number of rotatable bonds is 5. The Morgan fingerprint density at radius 2 is 2.03 bits per heavy atom. The molecule has 0 spiro atoms. The van der Waals surface area contributed by atoms with Crippen LogP contribution in [0.1, 0.15) is 23.3 Å². The normalized spacial score (nSPS) is 18.5. The molecule has 0 aliphatic carbocycles. The van der Waals surface area contributed by atoms with Gasteiger partial charge in [-0.15, -0.1) is 13.2 Å². The minimum atomic E-state index is -4.89. The molecule has 1 fully saturated rings. The van der Waals surface area contributed by atoms with Crippen LogP contribution in [0.3, 0.4) is 0 Å². The number of nitrogens with one attached hydrogen (secondary N) is 1. The highest BCUT2D eigenvalue weighted by atomic mass is 19.4. The van der Waals surface area contributed by atoms with Crippen LogP contribution in [0.25, 0.3) is 0 Å². The van der Waals surface area contributed by atoms with E-state index >= 15 is 0 Å². The second kappa shape index (κ2) is 8.61. The van der Waals surface area contributed by atoms with Crippen molar-refractivity contribution >= 4 is 17.4 Å². The van der Waals surface area contributed by atoms with Crippen molar-refractivity contribution < 1.29 is 35.9 Å². The highest BCUT2D eigenvalue weighted by Crippen LogP contribution is 2.31. The van der Waals surface area contributed by atoms with Gasteiger partial charge in [0.15, 0.2) is 11.5 Å². The SMILES string of the molecule is NC[C@H]1CCC(F)(F)CN1C(=O)c1nc(Nc2cccc(OC(F)(F)F)c2)ccc1F. The summed E-state index contributed by atoms with van der Waals surface area (Å²) in [6, 6.07) is 6.13. The predicted octanol–water partition coefficient (Wildman–Crippen LogP) is 4.06. The molecule has 1 saturated heterocycles. The van der Waals surface area contributed by atoms with E-state index in [4.69, 9.17) is 5.73 Å². The van der Waals surface area contributed by atoms with Crippen molar-refractivity contribution in [2.24, 2.45) is 5.73 Å². The van der Waals surface area contributed by atoms with E-state index in [0.29, 0.717) is 0 Å². The maximum absolute atomic E-state index is 14.3. The van der Waals surface area contributed by atoms with E-state index in [1.165, 1.54) is 12.1 Å². The van der Waals surface area contributed by atoms with Crippen molar-refractivity contribution in [2.45, 2.75) is 31.2 Å². The zero-order valence-corrected chi connectivity index (χ0v) is 15.9. The fraction of sp³-hybridized carbons (Fsp3) is 0.368. The van der Waals surface area contributed by atoms with Crippen LogP contribution in [0.15, 0.2) is 36.4 Å². The van der Waals surface area contributed by atoms with Crippen LogP contribution in [-0.4, -0.2) is 47.2 Å². The number of hydrogen-bond acceptors (Lipinski definition) is 5. The molecule has 1 aliphatic heterocycles. The minimum Gasteiger partial charge on any atom is -0.406 e. The average Bonchev–Trinajstić information content (AvgIpc) is 2.67. The first-order valence-electron chi connectivity index (χ1n) is 9.16. The minimum absolute atomic E-state index is 0.0409. The van der Waals surface area contributed by atoms with Gasteiger partial charge in [0.1, 0.15) is 11.6 Å². The number of carbonyl (C=O) groups is 1. The van der Waals surface area contributed by atoms with E-state index in [0.717, 1.165) is 29.2 Å². The van der Waals surface area contributed by atoms with Crippen molar-refractivity contribution in [3.8, 4) is 5.75 Å². The molecule has 3 rings (SSSR count). The summed E-state index contributed by atoms with van der Waals surface area (Å²) >= 11 is 0. The third kappa shape index (κ3) is 5.78. The van der Waals surface area contributed by atoms with Gasteiger partial charge < -0.3 is 20.7 Å². The summed E-state index contributed by atoms with van der Waals surface area (Å²) in [6.45, 7) is -0.989. The van der Waals surface area contributed by atoms with Gasteiger partial charge in [0.25, 0.3) is 11.8 Å².